The first-order valence-corrected chi connectivity index (χ1v) is 12.6. The molecule has 1 N–H and O–H groups in total. The maximum Gasteiger partial charge on any atom is 0.307 e. The fourth-order valence-electron chi connectivity index (χ4n) is 3.92. The van der Waals surface area contributed by atoms with Gasteiger partial charge in [0.1, 0.15) is 0 Å². The number of esters is 1. The first-order valence-electron chi connectivity index (χ1n) is 10.7. The highest BCUT2D eigenvalue weighted by molar-refractivity contribution is 7.99. The van der Waals surface area contributed by atoms with E-state index in [4.69, 9.17) is 4.74 Å². The molecule has 3 aromatic rings. The molecule has 8 heteroatoms. The molecule has 1 aliphatic heterocycles. The molecule has 3 heterocycles. The van der Waals surface area contributed by atoms with Crippen molar-refractivity contribution in [2.45, 2.75) is 41.6 Å². The number of ether oxygens (including phenoxy) is 1. The lowest BCUT2D eigenvalue weighted by Crippen LogP contribution is -2.32. The molecular weight excluding hydrogens is 440 g/mol. The molecule has 0 amide bonds. The molecule has 0 aliphatic carbocycles. The van der Waals surface area contributed by atoms with Crippen LogP contribution in [0.15, 0.2) is 59.0 Å². The second kappa shape index (κ2) is 11.0. The van der Waals surface area contributed by atoms with E-state index in [1.165, 1.54) is 34.9 Å². The van der Waals surface area contributed by atoms with E-state index in [9.17, 15) is 4.79 Å². The number of imidazole rings is 1. The van der Waals surface area contributed by atoms with E-state index in [0.29, 0.717) is 0 Å². The lowest BCUT2D eigenvalue weighted by molar-refractivity contribution is -0.140. The summed E-state index contributed by atoms with van der Waals surface area (Å²) in [5.74, 6) is 0.762. The number of hydrogen-bond donors (Lipinski definition) is 1. The Hall–Kier alpha value is -2.29. The van der Waals surface area contributed by atoms with Gasteiger partial charge in [-0.1, -0.05) is 36.0 Å². The van der Waals surface area contributed by atoms with Crippen molar-refractivity contribution in [1.82, 2.24) is 19.9 Å². The Morgan fingerprint density at radius 3 is 2.84 bits per heavy atom. The van der Waals surface area contributed by atoms with Gasteiger partial charge in [0, 0.05) is 48.9 Å². The molecule has 1 aromatic carbocycles. The number of aromatic nitrogens is 3. The van der Waals surface area contributed by atoms with Crippen molar-refractivity contribution in [2.24, 2.45) is 0 Å². The summed E-state index contributed by atoms with van der Waals surface area (Å²) in [4.78, 5) is 27.8. The molecule has 1 aliphatic rings. The van der Waals surface area contributed by atoms with Gasteiger partial charge in [-0.2, -0.15) is 0 Å². The van der Waals surface area contributed by atoms with Crippen molar-refractivity contribution in [3.05, 3.63) is 71.3 Å². The van der Waals surface area contributed by atoms with E-state index in [1.54, 1.807) is 12.4 Å². The summed E-state index contributed by atoms with van der Waals surface area (Å²) in [5.41, 5.74) is 4.96. The lowest BCUT2D eigenvalue weighted by atomic mass is 10.0. The van der Waals surface area contributed by atoms with Crippen molar-refractivity contribution in [3.63, 3.8) is 0 Å². The van der Waals surface area contributed by atoms with Crippen LogP contribution in [0.25, 0.3) is 0 Å². The number of pyridine rings is 1. The molecule has 0 fully saturated rings. The zero-order valence-electron chi connectivity index (χ0n) is 18.4. The standard InChI is InChI=1S/C24H28N4O2S2/c1-17-20(31-14-13-28-12-8-18-5-3-4-6-19(18)16-28)7-9-25-23(17)21(15-22(29)30-2)32-24-26-10-11-27-24/h3-7,9-11,21H,8,12-16H2,1-2H3,(H,26,27). The van der Waals surface area contributed by atoms with Gasteiger partial charge in [0.15, 0.2) is 5.16 Å². The lowest BCUT2D eigenvalue weighted by Gasteiger charge is -2.28. The Balaban J connectivity index is 1.41. The Labute approximate surface area is 197 Å². The number of nitrogens with one attached hydrogen (secondary N) is 1. The number of methoxy groups -OCH3 is 1. The monoisotopic (exact) mass is 468 g/mol. The number of carbonyl (C=O) groups is 1. The number of rotatable bonds is 9. The third-order valence-corrected chi connectivity index (χ3v) is 7.94. The summed E-state index contributed by atoms with van der Waals surface area (Å²) >= 11 is 3.36. The molecule has 0 saturated heterocycles. The van der Waals surface area contributed by atoms with Crippen molar-refractivity contribution >= 4 is 29.5 Å². The third kappa shape index (κ3) is 5.74. The highest BCUT2D eigenvalue weighted by Crippen LogP contribution is 2.39. The highest BCUT2D eigenvalue weighted by atomic mass is 32.2. The van der Waals surface area contributed by atoms with Gasteiger partial charge >= 0.3 is 5.97 Å². The largest absolute Gasteiger partial charge is 0.469 e. The average molecular weight is 469 g/mol. The summed E-state index contributed by atoms with van der Waals surface area (Å²) in [7, 11) is 1.42. The molecule has 168 valence electrons. The number of carbonyl (C=O) groups excluding carboxylic acids is 1. The van der Waals surface area contributed by atoms with Crippen LogP contribution in [0.2, 0.25) is 0 Å². The van der Waals surface area contributed by atoms with Gasteiger partial charge in [-0.3, -0.25) is 14.7 Å². The van der Waals surface area contributed by atoms with Crippen LogP contribution in [0.5, 0.6) is 0 Å². The number of fused-ring (bicyclic) bond motifs is 1. The molecule has 32 heavy (non-hydrogen) atoms. The Bertz CT molecular complexity index is 1040. The predicted octanol–water partition coefficient (Wildman–Crippen LogP) is 4.66. The van der Waals surface area contributed by atoms with E-state index >= 15 is 0 Å². The van der Waals surface area contributed by atoms with Gasteiger partial charge in [0.25, 0.3) is 0 Å². The predicted molar refractivity (Wildman–Crippen MR) is 129 cm³/mol. The van der Waals surface area contributed by atoms with Gasteiger partial charge in [-0.05, 0) is 36.1 Å². The Morgan fingerprint density at radius 1 is 1.22 bits per heavy atom. The number of H-pyrrole nitrogens is 1. The van der Waals surface area contributed by atoms with Crippen LogP contribution in [0.1, 0.15) is 34.1 Å². The topological polar surface area (TPSA) is 71.1 Å². The smallest absolute Gasteiger partial charge is 0.307 e. The summed E-state index contributed by atoms with van der Waals surface area (Å²) in [6.07, 6.45) is 6.70. The van der Waals surface area contributed by atoms with Crippen molar-refractivity contribution in [3.8, 4) is 0 Å². The maximum atomic E-state index is 12.1. The van der Waals surface area contributed by atoms with Crippen LogP contribution in [0, 0.1) is 6.92 Å². The van der Waals surface area contributed by atoms with Crippen molar-refractivity contribution < 1.29 is 9.53 Å². The number of aromatic amines is 1. The molecular formula is C24H28N4O2S2. The second-order valence-corrected chi connectivity index (χ2v) is 10.1. The van der Waals surface area contributed by atoms with Crippen LogP contribution in [0.3, 0.4) is 0 Å². The molecule has 0 bridgehead atoms. The van der Waals surface area contributed by atoms with Gasteiger partial charge < -0.3 is 9.72 Å². The number of nitrogens with zero attached hydrogens (tertiary/aromatic N) is 3. The quantitative estimate of drug-likeness (QED) is 0.362. The SMILES string of the molecule is COC(=O)CC(Sc1ncc[nH]1)c1nccc(SCCN2CCc3ccccc3C2)c1C. The molecule has 0 radical (unpaired) electrons. The summed E-state index contributed by atoms with van der Waals surface area (Å²) < 4.78 is 4.93. The molecule has 1 atom stereocenters. The molecule has 6 nitrogen and oxygen atoms in total. The Kier molecular flexibility index (Phi) is 7.89. The fraction of sp³-hybridized carbons (Fsp3) is 0.375. The van der Waals surface area contributed by atoms with Gasteiger partial charge in [0.05, 0.1) is 24.5 Å². The summed E-state index contributed by atoms with van der Waals surface area (Å²) in [6, 6.07) is 10.8. The molecule has 4 rings (SSSR count). The van der Waals surface area contributed by atoms with Gasteiger partial charge in [-0.15, -0.1) is 11.8 Å². The second-order valence-electron chi connectivity index (χ2n) is 7.74. The van der Waals surface area contributed by atoms with Crippen LogP contribution < -0.4 is 0 Å². The van der Waals surface area contributed by atoms with Gasteiger partial charge in [0.2, 0.25) is 0 Å². The van der Waals surface area contributed by atoms with E-state index in [0.717, 1.165) is 48.2 Å². The zero-order valence-corrected chi connectivity index (χ0v) is 20.0. The fourth-order valence-corrected chi connectivity index (χ4v) is 6.07. The van der Waals surface area contributed by atoms with Crippen LogP contribution in [-0.4, -0.2) is 51.8 Å². The minimum Gasteiger partial charge on any atom is -0.469 e. The number of hydrogen-bond acceptors (Lipinski definition) is 7. The highest BCUT2D eigenvalue weighted by Gasteiger charge is 2.23. The van der Waals surface area contributed by atoms with E-state index < -0.39 is 0 Å². The van der Waals surface area contributed by atoms with Gasteiger partial charge in [-0.25, -0.2) is 4.98 Å². The normalized spacial score (nSPS) is 14.7. The van der Waals surface area contributed by atoms with Crippen LogP contribution >= 0.6 is 23.5 Å². The average Bonchev–Trinajstić information content (AvgIpc) is 3.33. The van der Waals surface area contributed by atoms with E-state index in [-0.39, 0.29) is 17.6 Å². The molecule has 0 spiro atoms. The first-order chi connectivity index (χ1) is 15.6. The molecule has 0 saturated carbocycles. The minimum atomic E-state index is -0.251. The maximum absolute atomic E-state index is 12.1. The van der Waals surface area contributed by atoms with Crippen LogP contribution in [-0.2, 0) is 22.5 Å². The van der Waals surface area contributed by atoms with Crippen molar-refractivity contribution in [1.29, 1.82) is 0 Å². The Morgan fingerprint density at radius 2 is 2.06 bits per heavy atom. The number of thioether (sulfide) groups is 2. The summed E-state index contributed by atoms with van der Waals surface area (Å²) in [6.45, 7) is 5.27. The molecule has 1 unspecified atom stereocenters. The zero-order chi connectivity index (χ0) is 22.3. The van der Waals surface area contributed by atoms with Crippen molar-refractivity contribution in [2.75, 3.05) is 26.0 Å². The van der Waals surface area contributed by atoms with E-state index in [2.05, 4.69) is 57.1 Å². The first kappa shape index (κ1) is 22.9. The number of benzene rings is 1. The third-order valence-electron chi connectivity index (χ3n) is 5.68. The van der Waals surface area contributed by atoms with E-state index in [1.807, 2.05) is 18.0 Å². The minimum absolute atomic E-state index is 0.159. The molecule has 2 aromatic heterocycles. The van der Waals surface area contributed by atoms with Crippen LogP contribution in [0.4, 0.5) is 0 Å². The summed E-state index contributed by atoms with van der Waals surface area (Å²) in [5, 5.41) is 0.608.